The zero-order valence-corrected chi connectivity index (χ0v) is 11.2. The predicted molar refractivity (Wildman–Crippen MR) is 67.6 cm³/mol. The van der Waals surface area contributed by atoms with E-state index < -0.39 is 0 Å². The van der Waals surface area contributed by atoms with E-state index in [0.29, 0.717) is 17.6 Å². The first-order valence-corrected chi connectivity index (χ1v) is 6.75. The molecule has 0 aliphatic carbocycles. The Bertz CT molecular complexity index is 401. The van der Waals surface area contributed by atoms with Crippen molar-refractivity contribution in [2.24, 2.45) is 5.92 Å². The summed E-state index contributed by atoms with van der Waals surface area (Å²) in [6, 6.07) is 5.85. The molecule has 0 saturated carbocycles. The van der Waals surface area contributed by atoms with Crippen LogP contribution in [0, 0.1) is 5.92 Å². The van der Waals surface area contributed by atoms with Crippen LogP contribution in [0.2, 0.25) is 0 Å². The minimum atomic E-state index is 0.281. The lowest BCUT2D eigenvalue weighted by Crippen LogP contribution is -2.22. The van der Waals surface area contributed by atoms with Gasteiger partial charge in [0.25, 0.3) is 0 Å². The van der Waals surface area contributed by atoms with Crippen molar-refractivity contribution < 1.29 is 4.79 Å². The lowest BCUT2D eigenvalue weighted by molar-refractivity contribution is 0.0972. The maximum absolute atomic E-state index is 11.9. The highest BCUT2D eigenvalue weighted by molar-refractivity contribution is 9.10. The van der Waals surface area contributed by atoms with Crippen LogP contribution in [0.3, 0.4) is 0 Å². The third-order valence-electron chi connectivity index (χ3n) is 2.67. The number of carbonyl (C=O) groups is 1. The molecule has 1 heterocycles. The molecule has 0 bridgehead atoms. The monoisotopic (exact) mass is 284 g/mol. The highest BCUT2D eigenvalue weighted by Crippen LogP contribution is 2.42. The van der Waals surface area contributed by atoms with Crippen molar-refractivity contribution in [2.75, 3.05) is 0 Å². The van der Waals surface area contributed by atoms with Crippen LogP contribution in [-0.2, 0) is 0 Å². The van der Waals surface area contributed by atoms with Gasteiger partial charge in [0.1, 0.15) is 0 Å². The Morgan fingerprint density at radius 3 is 2.87 bits per heavy atom. The Labute approximate surface area is 103 Å². The Morgan fingerprint density at radius 1 is 1.47 bits per heavy atom. The molecule has 1 aliphatic rings. The second kappa shape index (κ2) is 4.30. The van der Waals surface area contributed by atoms with Crippen LogP contribution in [0.4, 0.5) is 0 Å². The van der Waals surface area contributed by atoms with Crippen LogP contribution in [0.15, 0.2) is 27.6 Å². The van der Waals surface area contributed by atoms with E-state index >= 15 is 0 Å². The van der Waals surface area contributed by atoms with Gasteiger partial charge in [-0.2, -0.15) is 0 Å². The molecule has 1 aromatic carbocycles. The molecule has 1 unspecified atom stereocenters. The van der Waals surface area contributed by atoms with E-state index in [-0.39, 0.29) is 5.78 Å². The van der Waals surface area contributed by atoms with Gasteiger partial charge in [-0.3, -0.25) is 4.79 Å². The van der Waals surface area contributed by atoms with Crippen molar-refractivity contribution in [1.29, 1.82) is 0 Å². The highest BCUT2D eigenvalue weighted by atomic mass is 79.9. The number of Topliss-reactive ketones (excluding diaryl/α,β-unsaturated/α-hetero) is 1. The topological polar surface area (TPSA) is 17.1 Å². The van der Waals surface area contributed by atoms with Crippen LogP contribution >= 0.6 is 27.7 Å². The lowest BCUT2D eigenvalue weighted by atomic mass is 10.00. The van der Waals surface area contributed by atoms with Crippen LogP contribution in [0.5, 0.6) is 0 Å². The van der Waals surface area contributed by atoms with E-state index in [1.165, 1.54) is 0 Å². The fraction of sp³-hybridized carbons (Fsp3) is 0.417. The molecule has 0 aromatic heterocycles. The van der Waals surface area contributed by atoms with E-state index in [0.717, 1.165) is 14.9 Å². The summed E-state index contributed by atoms with van der Waals surface area (Å²) in [5.41, 5.74) is 0.881. The first kappa shape index (κ1) is 11.2. The number of halogens is 1. The Balaban J connectivity index is 2.42. The van der Waals surface area contributed by atoms with Crippen molar-refractivity contribution >= 4 is 33.5 Å². The summed E-state index contributed by atoms with van der Waals surface area (Å²) in [6.07, 6.45) is 0.672. The summed E-state index contributed by atoms with van der Waals surface area (Å²) >= 11 is 5.34. The maximum Gasteiger partial charge on any atom is 0.165 e. The second-order valence-electron chi connectivity index (χ2n) is 4.14. The fourth-order valence-electron chi connectivity index (χ4n) is 1.71. The van der Waals surface area contributed by atoms with Crippen LogP contribution < -0.4 is 0 Å². The predicted octanol–water partition coefficient (Wildman–Crippen LogP) is 4.15. The summed E-state index contributed by atoms with van der Waals surface area (Å²) in [5, 5.41) is 0.420. The maximum atomic E-state index is 11.9. The van der Waals surface area contributed by atoms with Gasteiger partial charge in [0.2, 0.25) is 0 Å². The molecule has 0 spiro atoms. The lowest BCUT2D eigenvalue weighted by Gasteiger charge is -2.26. The zero-order valence-electron chi connectivity index (χ0n) is 8.79. The number of hydrogen-bond donors (Lipinski definition) is 0. The van der Waals surface area contributed by atoms with E-state index in [1.54, 1.807) is 0 Å². The van der Waals surface area contributed by atoms with Gasteiger partial charge in [-0.15, -0.1) is 11.8 Å². The smallest absolute Gasteiger partial charge is 0.165 e. The fourth-order valence-corrected chi connectivity index (χ4v) is 3.65. The number of thioether (sulfide) groups is 1. The van der Waals surface area contributed by atoms with E-state index in [9.17, 15) is 4.79 Å². The molecule has 1 nitrogen and oxygen atoms in total. The molecule has 1 aliphatic heterocycles. The van der Waals surface area contributed by atoms with Gasteiger partial charge in [-0.05, 0) is 27.9 Å². The Hall–Kier alpha value is -0.280. The molecular formula is C12H13BrOS. The van der Waals surface area contributed by atoms with Gasteiger partial charge in [-0.25, -0.2) is 0 Å². The van der Waals surface area contributed by atoms with Crippen molar-refractivity contribution in [2.45, 2.75) is 30.4 Å². The summed E-state index contributed by atoms with van der Waals surface area (Å²) in [5.74, 6) is 0.822. The van der Waals surface area contributed by atoms with Crippen LogP contribution in [0.1, 0.15) is 30.6 Å². The molecule has 0 fully saturated rings. The van der Waals surface area contributed by atoms with Crippen molar-refractivity contribution in [3.8, 4) is 0 Å². The van der Waals surface area contributed by atoms with E-state index in [1.807, 2.05) is 30.0 Å². The normalized spacial score (nSPS) is 20.5. The SMILES string of the molecule is CC(C)C1CC(=O)c2cccc(Br)c2S1. The van der Waals surface area contributed by atoms with Crippen LogP contribution in [-0.4, -0.2) is 11.0 Å². The van der Waals surface area contributed by atoms with E-state index in [4.69, 9.17) is 0 Å². The Kier molecular flexibility index (Phi) is 3.21. The number of rotatable bonds is 1. The van der Waals surface area contributed by atoms with Crippen molar-refractivity contribution in [1.82, 2.24) is 0 Å². The third kappa shape index (κ3) is 2.13. The van der Waals surface area contributed by atoms with Crippen molar-refractivity contribution in [3.63, 3.8) is 0 Å². The number of ketones is 1. The summed E-state index contributed by atoms with van der Waals surface area (Å²) in [4.78, 5) is 13.0. The summed E-state index contributed by atoms with van der Waals surface area (Å²) in [7, 11) is 0. The Morgan fingerprint density at radius 2 is 2.20 bits per heavy atom. The molecule has 1 aromatic rings. The van der Waals surface area contributed by atoms with Crippen molar-refractivity contribution in [3.05, 3.63) is 28.2 Å². The molecule has 1 atom stereocenters. The molecule has 0 amide bonds. The van der Waals surface area contributed by atoms with Gasteiger partial charge in [0, 0.05) is 26.6 Å². The summed E-state index contributed by atoms with van der Waals surface area (Å²) < 4.78 is 1.05. The quantitative estimate of drug-likeness (QED) is 0.771. The molecule has 3 heteroatoms. The number of fused-ring (bicyclic) bond motifs is 1. The molecular weight excluding hydrogens is 272 g/mol. The molecule has 0 N–H and O–H groups in total. The van der Waals surface area contributed by atoms with Gasteiger partial charge >= 0.3 is 0 Å². The molecule has 15 heavy (non-hydrogen) atoms. The van der Waals surface area contributed by atoms with E-state index in [2.05, 4.69) is 29.8 Å². The average molecular weight is 285 g/mol. The standard InChI is InChI=1S/C12H13BrOS/c1-7(2)11-6-10(14)8-4-3-5-9(13)12(8)15-11/h3-5,7,11H,6H2,1-2H3. The summed E-state index contributed by atoms with van der Waals surface area (Å²) in [6.45, 7) is 4.35. The zero-order chi connectivity index (χ0) is 11.0. The number of benzene rings is 1. The third-order valence-corrected chi connectivity index (χ3v) is 5.28. The number of hydrogen-bond acceptors (Lipinski definition) is 2. The van der Waals surface area contributed by atoms with Gasteiger partial charge in [-0.1, -0.05) is 26.0 Å². The van der Waals surface area contributed by atoms with Gasteiger partial charge in [0.05, 0.1) is 0 Å². The largest absolute Gasteiger partial charge is 0.294 e. The molecule has 0 saturated heterocycles. The second-order valence-corrected chi connectivity index (χ2v) is 6.25. The molecule has 80 valence electrons. The minimum Gasteiger partial charge on any atom is -0.294 e. The van der Waals surface area contributed by atoms with Crippen LogP contribution in [0.25, 0.3) is 0 Å². The first-order valence-electron chi connectivity index (χ1n) is 5.08. The molecule has 0 radical (unpaired) electrons. The van der Waals surface area contributed by atoms with Gasteiger partial charge in [0.15, 0.2) is 5.78 Å². The van der Waals surface area contributed by atoms with Gasteiger partial charge < -0.3 is 0 Å². The first-order chi connectivity index (χ1) is 7.09. The average Bonchev–Trinajstić information content (AvgIpc) is 2.19. The number of carbonyl (C=O) groups excluding carboxylic acids is 1. The molecule has 2 rings (SSSR count). The highest BCUT2D eigenvalue weighted by Gasteiger charge is 2.28. The minimum absolute atomic E-state index is 0.281.